The van der Waals surface area contributed by atoms with E-state index in [9.17, 15) is 13.2 Å². The molecule has 0 unspecified atom stereocenters. The van der Waals surface area contributed by atoms with Gasteiger partial charge in [-0.1, -0.05) is 23.5 Å². The molecule has 140 valence electrons. The Labute approximate surface area is 160 Å². The number of amides is 1. The molecule has 1 amide bonds. The number of nitrogens with zero attached hydrogens (tertiary/aromatic N) is 1. The number of hydrogen-bond acceptors (Lipinski definition) is 7. The molecule has 0 saturated carbocycles. The quantitative estimate of drug-likeness (QED) is 0.725. The van der Waals surface area contributed by atoms with Crippen molar-refractivity contribution in [3.63, 3.8) is 0 Å². The average molecular weight is 414 g/mol. The topological polar surface area (TPSA) is 103 Å². The van der Waals surface area contributed by atoms with Gasteiger partial charge in [-0.15, -0.1) is 0 Å². The van der Waals surface area contributed by atoms with Crippen LogP contribution in [0.1, 0.15) is 21.7 Å². The van der Waals surface area contributed by atoms with Gasteiger partial charge in [-0.2, -0.15) is 0 Å². The zero-order valence-corrected chi connectivity index (χ0v) is 16.5. The van der Waals surface area contributed by atoms with Gasteiger partial charge in [-0.3, -0.25) is 4.79 Å². The Morgan fingerprint density at radius 2 is 2.12 bits per heavy atom. The monoisotopic (exact) mass is 413 g/mol. The zero-order valence-electron chi connectivity index (χ0n) is 14.1. The molecule has 10 heteroatoms. The molecule has 26 heavy (non-hydrogen) atoms. The lowest BCUT2D eigenvalue weighted by molar-refractivity contribution is 0.0945. The normalized spacial score (nSPS) is 18.6. The molecule has 0 aliphatic carbocycles. The first kappa shape index (κ1) is 18.9. The van der Waals surface area contributed by atoms with E-state index in [1.54, 1.807) is 11.7 Å². The number of ether oxygens (including phenoxy) is 1. The van der Waals surface area contributed by atoms with Crippen LogP contribution in [0, 0.1) is 3.95 Å². The number of nitrogen functional groups attached to an aromatic ring is 1. The van der Waals surface area contributed by atoms with Crippen molar-refractivity contribution in [2.75, 3.05) is 24.3 Å². The van der Waals surface area contributed by atoms with Crippen LogP contribution in [0.5, 0.6) is 5.75 Å². The number of rotatable bonds is 5. The fraction of sp³-hybridized carbons (Fsp3) is 0.375. The molecule has 1 aliphatic rings. The number of methoxy groups -OCH3 is 1. The molecule has 1 fully saturated rings. The minimum Gasteiger partial charge on any atom is -0.497 e. The predicted octanol–water partition coefficient (Wildman–Crippen LogP) is 1.84. The van der Waals surface area contributed by atoms with E-state index < -0.39 is 9.84 Å². The van der Waals surface area contributed by atoms with Crippen LogP contribution in [0.15, 0.2) is 24.3 Å². The highest BCUT2D eigenvalue weighted by molar-refractivity contribution is 7.91. The molecule has 2 aromatic rings. The molecule has 1 aromatic carbocycles. The summed E-state index contributed by atoms with van der Waals surface area (Å²) in [6.07, 6.45) is 0.423. The van der Waals surface area contributed by atoms with Crippen LogP contribution < -0.4 is 15.8 Å². The van der Waals surface area contributed by atoms with E-state index in [4.69, 9.17) is 22.7 Å². The summed E-state index contributed by atoms with van der Waals surface area (Å²) >= 11 is 6.47. The summed E-state index contributed by atoms with van der Waals surface area (Å²) < 4.78 is 30.4. The Morgan fingerprint density at radius 1 is 1.42 bits per heavy atom. The van der Waals surface area contributed by atoms with Gasteiger partial charge in [-0.05, 0) is 36.3 Å². The van der Waals surface area contributed by atoms with Crippen molar-refractivity contribution in [1.29, 1.82) is 0 Å². The first-order valence-corrected chi connectivity index (χ1v) is 11.0. The molecule has 1 aliphatic heterocycles. The minimum absolute atomic E-state index is 0.0312. The summed E-state index contributed by atoms with van der Waals surface area (Å²) in [6, 6.07) is 7.12. The molecule has 0 spiro atoms. The Bertz CT molecular complexity index is 977. The molecule has 3 rings (SSSR count). The van der Waals surface area contributed by atoms with Crippen LogP contribution >= 0.6 is 23.6 Å². The molecule has 1 saturated heterocycles. The van der Waals surface area contributed by atoms with Crippen molar-refractivity contribution in [2.24, 2.45) is 0 Å². The lowest BCUT2D eigenvalue weighted by atomic mass is 10.2. The minimum atomic E-state index is -3.06. The van der Waals surface area contributed by atoms with Crippen LogP contribution in [0.2, 0.25) is 0 Å². The summed E-state index contributed by atoms with van der Waals surface area (Å²) in [5.41, 5.74) is 7.11. The Balaban J connectivity index is 1.76. The van der Waals surface area contributed by atoms with Crippen LogP contribution in [0.25, 0.3) is 0 Å². The lowest BCUT2D eigenvalue weighted by Gasteiger charge is -2.11. The molecule has 1 aromatic heterocycles. The maximum atomic E-state index is 12.5. The zero-order chi connectivity index (χ0) is 18.9. The third-order valence-corrected chi connectivity index (χ3v) is 7.44. The number of hydrogen-bond donors (Lipinski definition) is 2. The van der Waals surface area contributed by atoms with Gasteiger partial charge in [0, 0.05) is 6.04 Å². The second-order valence-electron chi connectivity index (χ2n) is 6.09. The number of anilines is 1. The first-order valence-electron chi connectivity index (χ1n) is 7.92. The summed E-state index contributed by atoms with van der Waals surface area (Å²) in [6.45, 7) is 0.441. The summed E-state index contributed by atoms with van der Waals surface area (Å²) in [5, 5.41) is 2.75. The number of nitrogens with two attached hydrogens (primary N) is 1. The molecule has 3 N–H and O–H groups in total. The van der Waals surface area contributed by atoms with Gasteiger partial charge in [0.2, 0.25) is 0 Å². The SMILES string of the molecule is COc1ccc(Cn2c(N)c(C(=O)N[C@@H]3CCS(=O)(=O)C3)sc2=S)cc1. The average Bonchev–Trinajstić information content (AvgIpc) is 3.08. The molecule has 7 nitrogen and oxygen atoms in total. The number of carbonyl (C=O) groups excluding carboxylic acids is 1. The fourth-order valence-corrected chi connectivity index (χ4v) is 5.70. The van der Waals surface area contributed by atoms with Gasteiger partial charge in [0.25, 0.3) is 5.91 Å². The van der Waals surface area contributed by atoms with Gasteiger partial charge in [-0.25, -0.2) is 8.42 Å². The molecule has 2 heterocycles. The maximum Gasteiger partial charge on any atom is 0.265 e. The van der Waals surface area contributed by atoms with E-state index in [0.717, 1.165) is 22.6 Å². The number of thiazole rings is 1. The highest BCUT2D eigenvalue weighted by atomic mass is 32.2. The van der Waals surface area contributed by atoms with Crippen LogP contribution in [0.3, 0.4) is 0 Å². The van der Waals surface area contributed by atoms with Gasteiger partial charge in [0.15, 0.2) is 13.8 Å². The molecular weight excluding hydrogens is 394 g/mol. The Hall–Kier alpha value is -1.91. The van der Waals surface area contributed by atoms with Crippen molar-refractivity contribution in [3.8, 4) is 5.75 Å². The van der Waals surface area contributed by atoms with Crippen molar-refractivity contribution in [3.05, 3.63) is 38.7 Å². The van der Waals surface area contributed by atoms with E-state index in [0.29, 0.717) is 21.8 Å². The van der Waals surface area contributed by atoms with Gasteiger partial charge >= 0.3 is 0 Å². The maximum absolute atomic E-state index is 12.5. The largest absolute Gasteiger partial charge is 0.497 e. The van der Waals surface area contributed by atoms with Gasteiger partial charge in [0.1, 0.15) is 16.4 Å². The lowest BCUT2D eigenvalue weighted by Crippen LogP contribution is -2.35. The van der Waals surface area contributed by atoms with Crippen molar-refractivity contribution >= 4 is 45.1 Å². The van der Waals surface area contributed by atoms with Gasteiger partial charge in [0.05, 0.1) is 25.2 Å². The number of carbonyl (C=O) groups is 1. The third kappa shape index (κ3) is 4.08. The second kappa shape index (κ2) is 7.37. The molecule has 0 radical (unpaired) electrons. The standard InChI is InChI=1S/C16H19N3O4S3/c1-23-12-4-2-10(3-5-12)8-19-14(17)13(25-16(19)24)15(20)18-11-6-7-26(21,22)9-11/h2-5,11H,6-9,17H2,1H3,(H,18,20)/t11-/m1/s1. The Kier molecular flexibility index (Phi) is 5.35. The number of benzene rings is 1. The molecule has 1 atom stereocenters. The Morgan fingerprint density at radius 3 is 2.69 bits per heavy atom. The number of aromatic nitrogens is 1. The van der Waals surface area contributed by atoms with Gasteiger partial charge < -0.3 is 20.4 Å². The summed E-state index contributed by atoms with van der Waals surface area (Å²) in [7, 11) is -1.46. The van der Waals surface area contributed by atoms with Crippen LogP contribution in [0.4, 0.5) is 5.82 Å². The molecular formula is C16H19N3O4S3. The summed E-state index contributed by atoms with van der Waals surface area (Å²) in [5.74, 6) is 0.726. The van der Waals surface area contributed by atoms with E-state index >= 15 is 0 Å². The van der Waals surface area contributed by atoms with Crippen LogP contribution in [-0.2, 0) is 16.4 Å². The first-order chi connectivity index (χ1) is 12.3. The van der Waals surface area contributed by atoms with Crippen LogP contribution in [-0.4, -0.2) is 43.5 Å². The highest BCUT2D eigenvalue weighted by Gasteiger charge is 2.30. The van der Waals surface area contributed by atoms with Crippen molar-refractivity contribution < 1.29 is 17.9 Å². The highest BCUT2D eigenvalue weighted by Crippen LogP contribution is 2.24. The van der Waals surface area contributed by atoms with Crippen molar-refractivity contribution in [2.45, 2.75) is 19.0 Å². The predicted molar refractivity (Wildman–Crippen MR) is 104 cm³/mol. The number of sulfone groups is 1. The fourth-order valence-electron chi connectivity index (χ4n) is 2.80. The smallest absolute Gasteiger partial charge is 0.265 e. The second-order valence-corrected chi connectivity index (χ2v) is 9.96. The van der Waals surface area contributed by atoms with E-state index in [-0.39, 0.29) is 29.3 Å². The molecule has 0 bridgehead atoms. The van der Waals surface area contributed by atoms with E-state index in [1.807, 2.05) is 24.3 Å². The van der Waals surface area contributed by atoms with E-state index in [1.165, 1.54) is 0 Å². The summed E-state index contributed by atoms with van der Waals surface area (Å²) in [4.78, 5) is 12.8. The van der Waals surface area contributed by atoms with Crippen molar-refractivity contribution in [1.82, 2.24) is 9.88 Å². The van der Waals surface area contributed by atoms with E-state index in [2.05, 4.69) is 5.32 Å². The number of nitrogens with one attached hydrogen (secondary N) is 1. The third-order valence-electron chi connectivity index (χ3n) is 4.21.